The molecule has 0 aromatic heterocycles. The fourth-order valence-corrected chi connectivity index (χ4v) is 2.75. The fraction of sp³-hybridized carbons (Fsp3) is 0.105. The normalized spacial score (nSPS) is 10.5. The van der Waals surface area contributed by atoms with E-state index in [1.54, 1.807) is 6.07 Å². The van der Waals surface area contributed by atoms with E-state index in [1.165, 1.54) is 0 Å². The van der Waals surface area contributed by atoms with Crippen molar-refractivity contribution in [2.24, 2.45) is 0 Å². The van der Waals surface area contributed by atoms with E-state index in [4.69, 9.17) is 9.47 Å². The number of esters is 1. The van der Waals surface area contributed by atoms with E-state index in [1.807, 2.05) is 61.5 Å². The van der Waals surface area contributed by atoms with Crippen LogP contribution in [0, 0.1) is 6.92 Å². The predicted molar refractivity (Wildman–Crippen MR) is 94.0 cm³/mol. The van der Waals surface area contributed by atoms with Gasteiger partial charge in [0.05, 0.1) is 0 Å². The summed E-state index contributed by atoms with van der Waals surface area (Å²) < 4.78 is 11.8. The highest BCUT2D eigenvalue weighted by Crippen LogP contribution is 2.23. The second-order valence-electron chi connectivity index (χ2n) is 5.18. The van der Waals surface area contributed by atoms with Crippen molar-refractivity contribution < 1.29 is 14.3 Å². The summed E-state index contributed by atoms with van der Waals surface area (Å²) >= 11 is 3.38. The molecule has 0 bridgehead atoms. The molecule has 0 aliphatic carbocycles. The van der Waals surface area contributed by atoms with Gasteiger partial charge in [0.15, 0.2) is 6.61 Å². The molecule has 0 N–H and O–H groups in total. The minimum Gasteiger partial charge on any atom is -0.482 e. The zero-order valence-electron chi connectivity index (χ0n) is 12.6. The SMILES string of the molecule is Cc1cc(Br)ccc1OC(=O)COc1ccc2ccccc2c1. The topological polar surface area (TPSA) is 35.5 Å². The molecule has 116 valence electrons. The van der Waals surface area contributed by atoms with Crippen LogP contribution in [0.1, 0.15) is 5.56 Å². The second-order valence-corrected chi connectivity index (χ2v) is 6.10. The fourth-order valence-electron chi connectivity index (χ4n) is 2.28. The van der Waals surface area contributed by atoms with Gasteiger partial charge in [0, 0.05) is 4.47 Å². The maximum absolute atomic E-state index is 11.9. The summed E-state index contributed by atoms with van der Waals surface area (Å²) in [6, 6.07) is 19.2. The maximum Gasteiger partial charge on any atom is 0.349 e. The van der Waals surface area contributed by atoms with Crippen LogP contribution in [0.5, 0.6) is 11.5 Å². The number of ether oxygens (including phenoxy) is 2. The molecule has 3 aromatic rings. The second kappa shape index (κ2) is 6.84. The minimum atomic E-state index is -0.427. The van der Waals surface area contributed by atoms with E-state index in [-0.39, 0.29) is 6.61 Å². The Balaban J connectivity index is 1.63. The van der Waals surface area contributed by atoms with Gasteiger partial charge in [-0.1, -0.05) is 46.3 Å². The van der Waals surface area contributed by atoms with Gasteiger partial charge in [0.25, 0.3) is 0 Å². The van der Waals surface area contributed by atoms with Crippen LogP contribution in [0.3, 0.4) is 0 Å². The van der Waals surface area contributed by atoms with Crippen LogP contribution in [-0.2, 0) is 4.79 Å². The molecule has 0 aliphatic heterocycles. The van der Waals surface area contributed by atoms with Crippen LogP contribution >= 0.6 is 15.9 Å². The van der Waals surface area contributed by atoms with Crippen LogP contribution in [-0.4, -0.2) is 12.6 Å². The third kappa shape index (κ3) is 3.90. The molecule has 3 aromatic carbocycles. The third-order valence-electron chi connectivity index (χ3n) is 3.44. The molecule has 0 unspecified atom stereocenters. The molecule has 0 spiro atoms. The zero-order chi connectivity index (χ0) is 16.2. The quantitative estimate of drug-likeness (QED) is 0.484. The van der Waals surface area contributed by atoms with Crippen LogP contribution < -0.4 is 9.47 Å². The number of carbonyl (C=O) groups is 1. The van der Waals surface area contributed by atoms with Crippen molar-refractivity contribution in [3.05, 3.63) is 70.7 Å². The standard InChI is InChI=1S/C19H15BrO3/c1-13-10-16(20)7-9-18(13)23-19(21)12-22-17-8-6-14-4-2-3-5-15(14)11-17/h2-11H,12H2,1H3. The van der Waals surface area contributed by atoms with Crippen molar-refractivity contribution in [3.63, 3.8) is 0 Å². The summed E-state index contributed by atoms with van der Waals surface area (Å²) in [4.78, 5) is 11.9. The lowest BCUT2D eigenvalue weighted by molar-refractivity contribution is -0.136. The van der Waals surface area contributed by atoms with Crippen LogP contribution in [0.4, 0.5) is 0 Å². The first kappa shape index (κ1) is 15.6. The van der Waals surface area contributed by atoms with E-state index in [9.17, 15) is 4.79 Å². The molecule has 3 rings (SSSR count). The van der Waals surface area contributed by atoms with Crippen LogP contribution in [0.15, 0.2) is 65.1 Å². The highest BCUT2D eigenvalue weighted by molar-refractivity contribution is 9.10. The molecular formula is C19H15BrO3. The molecule has 0 atom stereocenters. The maximum atomic E-state index is 11.9. The Labute approximate surface area is 143 Å². The van der Waals surface area contributed by atoms with Crippen molar-refractivity contribution in [1.82, 2.24) is 0 Å². The molecule has 0 saturated heterocycles. The van der Waals surface area contributed by atoms with E-state index >= 15 is 0 Å². The number of fused-ring (bicyclic) bond motifs is 1. The van der Waals surface area contributed by atoms with Gasteiger partial charge in [-0.15, -0.1) is 0 Å². The number of hydrogen-bond acceptors (Lipinski definition) is 3. The van der Waals surface area contributed by atoms with E-state index in [2.05, 4.69) is 15.9 Å². The Kier molecular flexibility index (Phi) is 4.63. The van der Waals surface area contributed by atoms with Crippen molar-refractivity contribution in [1.29, 1.82) is 0 Å². The first-order valence-electron chi connectivity index (χ1n) is 7.20. The predicted octanol–water partition coefficient (Wildman–Crippen LogP) is 4.90. The van der Waals surface area contributed by atoms with E-state index in [0.717, 1.165) is 20.8 Å². The largest absolute Gasteiger partial charge is 0.482 e. The first-order chi connectivity index (χ1) is 11.1. The molecular weight excluding hydrogens is 356 g/mol. The average molecular weight is 371 g/mol. The number of hydrogen-bond donors (Lipinski definition) is 0. The Hall–Kier alpha value is -2.33. The third-order valence-corrected chi connectivity index (χ3v) is 3.93. The number of rotatable bonds is 4. The lowest BCUT2D eigenvalue weighted by Crippen LogP contribution is -2.18. The highest BCUT2D eigenvalue weighted by atomic mass is 79.9. The summed E-state index contributed by atoms with van der Waals surface area (Å²) in [6.07, 6.45) is 0. The summed E-state index contributed by atoms with van der Waals surface area (Å²) in [5, 5.41) is 2.20. The van der Waals surface area contributed by atoms with E-state index < -0.39 is 5.97 Å². The monoisotopic (exact) mass is 370 g/mol. The van der Waals surface area contributed by atoms with Crippen molar-refractivity contribution in [3.8, 4) is 11.5 Å². The van der Waals surface area contributed by atoms with Gasteiger partial charge >= 0.3 is 5.97 Å². The zero-order valence-corrected chi connectivity index (χ0v) is 14.2. The Morgan fingerprint density at radius 2 is 1.78 bits per heavy atom. The molecule has 0 fully saturated rings. The summed E-state index contributed by atoms with van der Waals surface area (Å²) in [7, 11) is 0. The molecule has 0 radical (unpaired) electrons. The first-order valence-corrected chi connectivity index (χ1v) is 7.99. The molecule has 3 nitrogen and oxygen atoms in total. The van der Waals surface area contributed by atoms with Crippen molar-refractivity contribution in [2.75, 3.05) is 6.61 Å². The minimum absolute atomic E-state index is 0.131. The average Bonchev–Trinajstić information content (AvgIpc) is 2.55. The van der Waals surface area contributed by atoms with Crippen LogP contribution in [0.25, 0.3) is 10.8 Å². The molecule has 0 aliphatic rings. The molecule has 0 saturated carbocycles. The van der Waals surface area contributed by atoms with Gasteiger partial charge in [-0.3, -0.25) is 0 Å². The molecule has 23 heavy (non-hydrogen) atoms. The van der Waals surface area contributed by atoms with Gasteiger partial charge in [0.1, 0.15) is 11.5 Å². The van der Waals surface area contributed by atoms with Gasteiger partial charge in [-0.25, -0.2) is 4.79 Å². The summed E-state index contributed by atoms with van der Waals surface area (Å²) in [5.74, 6) is 0.761. The lowest BCUT2D eigenvalue weighted by Gasteiger charge is -2.09. The smallest absolute Gasteiger partial charge is 0.349 e. The number of halogens is 1. The summed E-state index contributed by atoms with van der Waals surface area (Å²) in [5.41, 5.74) is 0.887. The number of benzene rings is 3. The lowest BCUT2D eigenvalue weighted by atomic mass is 10.1. The van der Waals surface area contributed by atoms with Gasteiger partial charge in [0.2, 0.25) is 0 Å². The molecule has 4 heteroatoms. The summed E-state index contributed by atoms with van der Waals surface area (Å²) in [6.45, 7) is 1.76. The highest BCUT2D eigenvalue weighted by Gasteiger charge is 2.09. The van der Waals surface area contributed by atoms with Gasteiger partial charge < -0.3 is 9.47 Å². The Morgan fingerprint density at radius 3 is 2.57 bits per heavy atom. The van der Waals surface area contributed by atoms with Gasteiger partial charge in [-0.05, 0) is 53.6 Å². The van der Waals surface area contributed by atoms with E-state index in [0.29, 0.717) is 11.5 Å². The number of aryl methyl sites for hydroxylation is 1. The van der Waals surface area contributed by atoms with Crippen molar-refractivity contribution >= 4 is 32.7 Å². The van der Waals surface area contributed by atoms with Crippen LogP contribution in [0.2, 0.25) is 0 Å². The number of carbonyl (C=O) groups excluding carboxylic acids is 1. The van der Waals surface area contributed by atoms with Gasteiger partial charge in [-0.2, -0.15) is 0 Å². The van der Waals surface area contributed by atoms with Crippen molar-refractivity contribution in [2.45, 2.75) is 6.92 Å². The molecule has 0 amide bonds. The molecule has 0 heterocycles. The Bertz CT molecular complexity index is 858. The Morgan fingerprint density at radius 1 is 1.00 bits per heavy atom.